The number of aromatic nitrogens is 2. The van der Waals surface area contributed by atoms with Crippen molar-refractivity contribution in [3.63, 3.8) is 0 Å². The minimum atomic E-state index is -0.436. The van der Waals surface area contributed by atoms with Crippen molar-refractivity contribution in [2.75, 3.05) is 0 Å². The van der Waals surface area contributed by atoms with E-state index in [4.69, 9.17) is 4.74 Å². The summed E-state index contributed by atoms with van der Waals surface area (Å²) in [7, 11) is 0. The number of aryl methyl sites for hydroxylation is 1. The summed E-state index contributed by atoms with van der Waals surface area (Å²) in [4.78, 5) is 28.3. The monoisotopic (exact) mass is 393 g/mol. The molecule has 3 aromatic heterocycles. The zero-order valence-electron chi connectivity index (χ0n) is 14.9. The number of nitro benzene ring substituents is 1. The van der Waals surface area contributed by atoms with Gasteiger partial charge in [-0.15, -0.1) is 11.3 Å². The van der Waals surface area contributed by atoms with E-state index in [1.165, 1.54) is 33.9 Å². The molecule has 0 aliphatic heterocycles. The molecule has 140 valence electrons. The predicted octanol–water partition coefficient (Wildman–Crippen LogP) is 4.22. The van der Waals surface area contributed by atoms with Gasteiger partial charge in [-0.2, -0.15) is 0 Å². The number of thiophene rings is 1. The normalized spacial score (nSPS) is 10.9. The molecule has 0 amide bonds. The van der Waals surface area contributed by atoms with E-state index in [1.807, 2.05) is 30.5 Å². The molecule has 0 N–H and O–H groups in total. The van der Waals surface area contributed by atoms with E-state index < -0.39 is 4.92 Å². The quantitative estimate of drug-likeness (QED) is 0.374. The van der Waals surface area contributed by atoms with Crippen LogP contribution < -0.4 is 10.3 Å². The Balaban J connectivity index is 1.67. The highest BCUT2D eigenvalue weighted by Crippen LogP contribution is 2.36. The Kier molecular flexibility index (Phi) is 4.62. The summed E-state index contributed by atoms with van der Waals surface area (Å²) in [6.45, 7) is 1.99. The third-order valence-corrected chi connectivity index (χ3v) is 5.10. The molecule has 7 nitrogen and oxygen atoms in total. The predicted molar refractivity (Wildman–Crippen MR) is 107 cm³/mol. The van der Waals surface area contributed by atoms with Crippen molar-refractivity contribution in [1.82, 2.24) is 9.38 Å². The number of hydrogen-bond acceptors (Lipinski definition) is 6. The van der Waals surface area contributed by atoms with Crippen molar-refractivity contribution in [3.05, 3.63) is 91.8 Å². The molecule has 28 heavy (non-hydrogen) atoms. The third kappa shape index (κ3) is 3.49. The third-order valence-electron chi connectivity index (χ3n) is 4.20. The molecule has 0 radical (unpaired) electrons. The molecule has 0 spiro atoms. The molecule has 8 heteroatoms. The Morgan fingerprint density at radius 1 is 1.21 bits per heavy atom. The highest BCUT2D eigenvalue weighted by molar-refractivity contribution is 7.13. The lowest BCUT2D eigenvalue weighted by Crippen LogP contribution is -2.16. The number of nitro groups is 1. The summed E-state index contributed by atoms with van der Waals surface area (Å²) < 4.78 is 7.37. The number of rotatable bonds is 5. The van der Waals surface area contributed by atoms with Gasteiger partial charge in [0.15, 0.2) is 0 Å². The first-order chi connectivity index (χ1) is 13.5. The van der Waals surface area contributed by atoms with Gasteiger partial charge in [-0.05, 0) is 36.1 Å². The van der Waals surface area contributed by atoms with E-state index >= 15 is 0 Å². The summed E-state index contributed by atoms with van der Waals surface area (Å²) in [5.41, 5.74) is 2.44. The number of nitrogens with zero attached hydrogens (tertiary/aromatic N) is 3. The molecule has 3 heterocycles. The molecular weight excluding hydrogens is 378 g/mol. The van der Waals surface area contributed by atoms with Crippen LogP contribution in [0.25, 0.3) is 16.1 Å². The van der Waals surface area contributed by atoms with Crippen LogP contribution in [-0.2, 0) is 6.61 Å². The zero-order valence-corrected chi connectivity index (χ0v) is 15.7. The Labute approximate surface area is 163 Å². The molecule has 1 aromatic carbocycles. The maximum absolute atomic E-state index is 12.3. The van der Waals surface area contributed by atoms with Crippen LogP contribution in [-0.4, -0.2) is 14.3 Å². The summed E-state index contributed by atoms with van der Waals surface area (Å²) in [6, 6.07) is 13.3. The highest BCUT2D eigenvalue weighted by atomic mass is 32.1. The fourth-order valence-electron chi connectivity index (χ4n) is 2.87. The summed E-state index contributed by atoms with van der Waals surface area (Å²) in [6.07, 6.45) is 1.74. The molecule has 4 rings (SSSR count). The lowest BCUT2D eigenvalue weighted by atomic mass is 10.1. The van der Waals surface area contributed by atoms with Crippen LogP contribution in [0.15, 0.2) is 64.9 Å². The Morgan fingerprint density at radius 3 is 2.82 bits per heavy atom. The van der Waals surface area contributed by atoms with Gasteiger partial charge in [-0.3, -0.25) is 19.3 Å². The topological polar surface area (TPSA) is 86.7 Å². The van der Waals surface area contributed by atoms with Gasteiger partial charge in [0.2, 0.25) is 0 Å². The van der Waals surface area contributed by atoms with Gasteiger partial charge >= 0.3 is 0 Å². The first-order valence-corrected chi connectivity index (χ1v) is 9.33. The van der Waals surface area contributed by atoms with Gasteiger partial charge in [0, 0.05) is 34.8 Å². The lowest BCUT2D eigenvalue weighted by molar-refractivity contribution is -0.384. The highest BCUT2D eigenvalue weighted by Gasteiger charge is 2.15. The number of hydrogen-bond donors (Lipinski definition) is 0. The molecule has 0 saturated heterocycles. The van der Waals surface area contributed by atoms with Crippen LogP contribution in [0, 0.1) is 17.0 Å². The number of pyridine rings is 1. The molecule has 0 atom stereocenters. The minimum Gasteiger partial charge on any atom is -0.487 e. The van der Waals surface area contributed by atoms with E-state index in [2.05, 4.69) is 4.98 Å². The van der Waals surface area contributed by atoms with Gasteiger partial charge in [-0.1, -0.05) is 12.1 Å². The second-order valence-electron chi connectivity index (χ2n) is 6.22. The average molecular weight is 393 g/mol. The lowest BCUT2D eigenvalue weighted by Gasteiger charge is -2.11. The van der Waals surface area contributed by atoms with Crippen LogP contribution in [0.2, 0.25) is 0 Å². The van der Waals surface area contributed by atoms with Gasteiger partial charge in [-0.25, -0.2) is 4.98 Å². The smallest absolute Gasteiger partial charge is 0.270 e. The maximum atomic E-state index is 12.3. The Bertz CT molecular complexity index is 1230. The maximum Gasteiger partial charge on any atom is 0.270 e. The number of benzene rings is 1. The van der Waals surface area contributed by atoms with Crippen LogP contribution in [0.1, 0.15) is 11.3 Å². The number of non-ortho nitro benzene ring substituents is 1. The van der Waals surface area contributed by atoms with Crippen molar-refractivity contribution in [2.45, 2.75) is 13.5 Å². The molecule has 0 aliphatic rings. The molecule has 0 fully saturated rings. The van der Waals surface area contributed by atoms with Crippen LogP contribution in [0.5, 0.6) is 5.75 Å². The second kappa shape index (κ2) is 7.24. The molecule has 0 aliphatic carbocycles. The van der Waals surface area contributed by atoms with Crippen molar-refractivity contribution in [1.29, 1.82) is 0 Å². The Hall–Kier alpha value is -3.52. The summed E-state index contributed by atoms with van der Waals surface area (Å²) in [5, 5.41) is 13.0. The number of ether oxygens (including phenoxy) is 1. The first kappa shape index (κ1) is 17.9. The molecule has 0 bridgehead atoms. The standard InChI is InChI=1S/C20H15N3O4S/c1-13-4-7-19-21-14(9-20(24)22(19)11-13)12-27-17-6-5-15(23(25)26)10-16(17)18-3-2-8-28-18/h2-11H,12H2,1H3. The van der Waals surface area contributed by atoms with Gasteiger partial charge in [0.05, 0.1) is 10.6 Å². The van der Waals surface area contributed by atoms with Gasteiger partial charge in [0.25, 0.3) is 11.2 Å². The van der Waals surface area contributed by atoms with Gasteiger partial charge < -0.3 is 4.74 Å². The Morgan fingerprint density at radius 2 is 2.07 bits per heavy atom. The van der Waals surface area contributed by atoms with Crippen molar-refractivity contribution < 1.29 is 9.66 Å². The van der Waals surface area contributed by atoms with E-state index in [0.717, 1.165) is 10.4 Å². The number of fused-ring (bicyclic) bond motifs is 1. The summed E-state index contributed by atoms with van der Waals surface area (Å²) in [5.74, 6) is 0.499. The zero-order chi connectivity index (χ0) is 19.7. The van der Waals surface area contributed by atoms with E-state index in [-0.39, 0.29) is 17.9 Å². The van der Waals surface area contributed by atoms with E-state index in [9.17, 15) is 14.9 Å². The van der Waals surface area contributed by atoms with Gasteiger partial charge in [0.1, 0.15) is 18.0 Å². The summed E-state index contributed by atoms with van der Waals surface area (Å²) >= 11 is 1.47. The molecule has 0 saturated carbocycles. The molecular formula is C20H15N3O4S. The minimum absolute atomic E-state index is 0.00630. The fraction of sp³-hybridized carbons (Fsp3) is 0.100. The average Bonchev–Trinajstić information content (AvgIpc) is 3.21. The van der Waals surface area contributed by atoms with Crippen molar-refractivity contribution in [3.8, 4) is 16.2 Å². The SMILES string of the molecule is Cc1ccc2nc(COc3ccc([N+](=O)[O-])cc3-c3cccs3)cc(=O)n2c1. The first-order valence-electron chi connectivity index (χ1n) is 8.45. The second-order valence-corrected chi connectivity index (χ2v) is 7.17. The fourth-order valence-corrected chi connectivity index (χ4v) is 3.61. The van der Waals surface area contributed by atoms with Crippen LogP contribution in [0.3, 0.4) is 0 Å². The van der Waals surface area contributed by atoms with Crippen molar-refractivity contribution >= 4 is 22.7 Å². The largest absolute Gasteiger partial charge is 0.487 e. The van der Waals surface area contributed by atoms with E-state index in [0.29, 0.717) is 22.7 Å². The van der Waals surface area contributed by atoms with E-state index in [1.54, 1.807) is 18.3 Å². The molecule has 4 aromatic rings. The van der Waals surface area contributed by atoms with Crippen LogP contribution >= 0.6 is 11.3 Å². The van der Waals surface area contributed by atoms with Crippen LogP contribution in [0.4, 0.5) is 5.69 Å². The molecule has 0 unspecified atom stereocenters. The van der Waals surface area contributed by atoms with Crippen molar-refractivity contribution in [2.24, 2.45) is 0 Å².